The average Bonchev–Trinajstić information content (AvgIpc) is 2.53. The van der Waals surface area contributed by atoms with Crippen LogP contribution in [0.2, 0.25) is 0 Å². The van der Waals surface area contributed by atoms with Crippen molar-refractivity contribution in [3.8, 4) is 5.75 Å². The van der Waals surface area contributed by atoms with Crippen molar-refractivity contribution in [2.24, 2.45) is 5.10 Å². The van der Waals surface area contributed by atoms with Gasteiger partial charge in [-0.05, 0) is 42.8 Å². The molecule has 0 radical (unpaired) electrons. The number of methoxy groups -OCH3 is 1. The summed E-state index contributed by atoms with van der Waals surface area (Å²) in [5, 5.41) is 4.14. The molecule has 2 aromatic carbocycles. The molecule has 6 heteroatoms. The molecule has 0 heterocycles. The van der Waals surface area contributed by atoms with Crippen molar-refractivity contribution in [2.75, 3.05) is 7.11 Å². The minimum Gasteiger partial charge on any atom is -0.496 e. The van der Waals surface area contributed by atoms with Gasteiger partial charge in [-0.25, -0.2) is 5.43 Å². The molecule has 0 saturated carbocycles. The quantitative estimate of drug-likeness (QED) is 0.583. The van der Waals surface area contributed by atoms with Gasteiger partial charge in [0.1, 0.15) is 5.75 Å². The third-order valence-corrected chi connectivity index (χ3v) is 4.02. The number of nitrogens with zero attached hydrogens (tertiary/aromatic N) is 1. The maximum absolute atomic E-state index is 12.2. The SMILES string of the molecule is COc1ccc(Br)cc1C(=O)NN=C(C)c1ccc(Br)cc1. The van der Waals surface area contributed by atoms with Gasteiger partial charge in [-0.15, -0.1) is 0 Å². The first-order valence-corrected chi connectivity index (χ1v) is 8.04. The lowest BCUT2D eigenvalue weighted by molar-refractivity contribution is 0.0951. The van der Waals surface area contributed by atoms with Gasteiger partial charge in [0.2, 0.25) is 0 Å². The summed E-state index contributed by atoms with van der Waals surface area (Å²) in [6.07, 6.45) is 0. The molecule has 0 spiro atoms. The van der Waals surface area contributed by atoms with E-state index in [0.29, 0.717) is 11.3 Å². The van der Waals surface area contributed by atoms with Crippen LogP contribution in [0.3, 0.4) is 0 Å². The zero-order valence-electron chi connectivity index (χ0n) is 12.1. The van der Waals surface area contributed by atoms with E-state index in [-0.39, 0.29) is 5.91 Å². The number of benzene rings is 2. The van der Waals surface area contributed by atoms with E-state index in [1.54, 1.807) is 12.1 Å². The maximum Gasteiger partial charge on any atom is 0.275 e. The predicted octanol–water partition coefficient (Wildman–Crippen LogP) is 4.37. The molecule has 2 rings (SSSR count). The number of amides is 1. The van der Waals surface area contributed by atoms with E-state index in [9.17, 15) is 4.79 Å². The van der Waals surface area contributed by atoms with Crippen molar-refractivity contribution in [3.05, 3.63) is 62.5 Å². The molecule has 0 aliphatic heterocycles. The monoisotopic (exact) mass is 424 g/mol. The Labute approximate surface area is 145 Å². The molecule has 114 valence electrons. The molecule has 0 saturated heterocycles. The van der Waals surface area contributed by atoms with Crippen LogP contribution in [0.1, 0.15) is 22.8 Å². The van der Waals surface area contributed by atoms with Crippen LogP contribution in [0, 0.1) is 0 Å². The predicted molar refractivity (Wildman–Crippen MR) is 94.5 cm³/mol. The van der Waals surface area contributed by atoms with Gasteiger partial charge in [-0.2, -0.15) is 5.10 Å². The van der Waals surface area contributed by atoms with Gasteiger partial charge in [0.25, 0.3) is 5.91 Å². The Morgan fingerprint density at radius 2 is 1.73 bits per heavy atom. The molecule has 0 atom stereocenters. The Morgan fingerprint density at radius 3 is 2.36 bits per heavy atom. The summed E-state index contributed by atoms with van der Waals surface area (Å²) in [6.45, 7) is 1.83. The van der Waals surface area contributed by atoms with Crippen molar-refractivity contribution in [2.45, 2.75) is 6.92 Å². The molecule has 0 unspecified atom stereocenters. The van der Waals surface area contributed by atoms with Crippen LogP contribution < -0.4 is 10.2 Å². The third-order valence-electron chi connectivity index (χ3n) is 2.99. The molecule has 1 amide bonds. The minimum atomic E-state index is -0.324. The van der Waals surface area contributed by atoms with Gasteiger partial charge in [-0.3, -0.25) is 4.79 Å². The van der Waals surface area contributed by atoms with E-state index in [4.69, 9.17) is 4.74 Å². The number of hydrazone groups is 1. The second-order valence-corrected chi connectivity index (χ2v) is 6.32. The number of ether oxygens (including phenoxy) is 1. The highest BCUT2D eigenvalue weighted by atomic mass is 79.9. The van der Waals surface area contributed by atoms with Crippen molar-refractivity contribution in [3.63, 3.8) is 0 Å². The van der Waals surface area contributed by atoms with Gasteiger partial charge < -0.3 is 4.74 Å². The lowest BCUT2D eigenvalue weighted by Gasteiger charge is -2.08. The fraction of sp³-hybridized carbons (Fsp3) is 0.125. The molecule has 22 heavy (non-hydrogen) atoms. The Balaban J connectivity index is 2.17. The van der Waals surface area contributed by atoms with Crippen LogP contribution in [0.5, 0.6) is 5.75 Å². The molecule has 2 aromatic rings. The van der Waals surface area contributed by atoms with Crippen molar-refractivity contribution < 1.29 is 9.53 Å². The number of carbonyl (C=O) groups is 1. The van der Waals surface area contributed by atoms with Gasteiger partial charge >= 0.3 is 0 Å². The molecule has 0 bridgehead atoms. The first-order valence-electron chi connectivity index (χ1n) is 6.45. The highest BCUT2D eigenvalue weighted by Gasteiger charge is 2.12. The van der Waals surface area contributed by atoms with Crippen LogP contribution in [0.4, 0.5) is 0 Å². The number of hydrogen-bond acceptors (Lipinski definition) is 3. The number of halogens is 2. The Morgan fingerprint density at radius 1 is 1.09 bits per heavy atom. The smallest absolute Gasteiger partial charge is 0.275 e. The van der Waals surface area contributed by atoms with Crippen molar-refractivity contribution in [1.82, 2.24) is 5.43 Å². The van der Waals surface area contributed by atoms with E-state index in [0.717, 1.165) is 20.2 Å². The van der Waals surface area contributed by atoms with Gasteiger partial charge in [0.05, 0.1) is 18.4 Å². The van der Waals surface area contributed by atoms with Crippen LogP contribution in [0.25, 0.3) is 0 Å². The second kappa shape index (κ2) is 7.56. The van der Waals surface area contributed by atoms with Crippen LogP contribution in [-0.2, 0) is 0 Å². The van der Waals surface area contributed by atoms with E-state index < -0.39 is 0 Å². The van der Waals surface area contributed by atoms with Crippen LogP contribution in [-0.4, -0.2) is 18.7 Å². The van der Waals surface area contributed by atoms with E-state index in [1.165, 1.54) is 7.11 Å². The van der Waals surface area contributed by atoms with Gasteiger partial charge in [-0.1, -0.05) is 44.0 Å². The standard InChI is InChI=1S/C16H14Br2N2O2/c1-10(11-3-5-12(17)6-4-11)19-20-16(21)14-9-13(18)7-8-15(14)22-2/h3-9H,1-2H3,(H,20,21). The molecule has 0 aromatic heterocycles. The molecule has 0 aliphatic rings. The zero-order chi connectivity index (χ0) is 16.1. The summed E-state index contributed by atoms with van der Waals surface area (Å²) in [4.78, 5) is 12.2. The molecule has 0 fully saturated rings. The maximum atomic E-state index is 12.2. The topological polar surface area (TPSA) is 50.7 Å². The highest BCUT2D eigenvalue weighted by Crippen LogP contribution is 2.22. The van der Waals surface area contributed by atoms with Crippen molar-refractivity contribution >= 4 is 43.5 Å². The summed E-state index contributed by atoms with van der Waals surface area (Å²) >= 11 is 6.72. The average molecular weight is 426 g/mol. The van der Waals surface area contributed by atoms with E-state index in [2.05, 4.69) is 42.4 Å². The Kier molecular flexibility index (Phi) is 5.74. The number of hydrogen-bond donors (Lipinski definition) is 1. The third kappa shape index (κ3) is 4.18. The first kappa shape index (κ1) is 16.7. The molecule has 0 aliphatic carbocycles. The molecule has 4 nitrogen and oxygen atoms in total. The second-order valence-electron chi connectivity index (χ2n) is 4.49. The first-order chi connectivity index (χ1) is 10.5. The van der Waals surface area contributed by atoms with Crippen LogP contribution >= 0.6 is 31.9 Å². The minimum absolute atomic E-state index is 0.324. The molecular formula is C16H14Br2N2O2. The lowest BCUT2D eigenvalue weighted by atomic mass is 10.1. The highest BCUT2D eigenvalue weighted by molar-refractivity contribution is 9.10. The van der Waals surface area contributed by atoms with Crippen molar-refractivity contribution in [1.29, 1.82) is 0 Å². The zero-order valence-corrected chi connectivity index (χ0v) is 15.2. The van der Waals surface area contributed by atoms with Crippen LogP contribution in [0.15, 0.2) is 56.5 Å². The fourth-order valence-corrected chi connectivity index (χ4v) is 2.43. The number of nitrogens with one attached hydrogen (secondary N) is 1. The van der Waals surface area contributed by atoms with E-state index >= 15 is 0 Å². The number of rotatable bonds is 4. The fourth-order valence-electron chi connectivity index (χ4n) is 1.81. The number of carbonyl (C=O) groups excluding carboxylic acids is 1. The Bertz CT molecular complexity index is 713. The summed E-state index contributed by atoms with van der Waals surface area (Å²) in [5.74, 6) is 0.173. The summed E-state index contributed by atoms with van der Waals surface area (Å²) < 4.78 is 6.98. The summed E-state index contributed by atoms with van der Waals surface area (Å²) in [6, 6.07) is 12.9. The van der Waals surface area contributed by atoms with Gasteiger partial charge in [0.15, 0.2) is 0 Å². The Hall–Kier alpha value is -1.66. The molecule has 1 N–H and O–H groups in total. The largest absolute Gasteiger partial charge is 0.496 e. The molecular weight excluding hydrogens is 412 g/mol. The van der Waals surface area contributed by atoms with E-state index in [1.807, 2.05) is 37.3 Å². The lowest BCUT2D eigenvalue weighted by Crippen LogP contribution is -2.20. The summed E-state index contributed by atoms with van der Waals surface area (Å²) in [5.41, 5.74) is 4.62. The summed E-state index contributed by atoms with van der Waals surface area (Å²) in [7, 11) is 1.52. The van der Waals surface area contributed by atoms with Gasteiger partial charge in [0, 0.05) is 8.95 Å². The normalized spacial score (nSPS) is 11.2.